The Morgan fingerprint density at radius 2 is 1.41 bits per heavy atom. The number of nitrogens with zero attached hydrogens (tertiary/aromatic N) is 2. The number of nitrogen functional groups attached to an aromatic ring is 1. The molecule has 0 fully saturated rings. The fraction of sp³-hybridized carbons (Fsp3) is 0.0227. The first-order chi connectivity index (χ1) is 24.2. The number of anilines is 1. The van der Waals surface area contributed by atoms with Crippen molar-refractivity contribution in [2.24, 2.45) is 4.99 Å². The molecule has 10 aromatic rings. The molecule has 5 heteroatoms. The Kier molecular flexibility index (Phi) is 6.23. The lowest BCUT2D eigenvalue weighted by molar-refractivity contribution is 0.668. The number of fused-ring (bicyclic) bond motifs is 9. The number of hydrogen-bond donors (Lipinski definition) is 1. The Morgan fingerprint density at radius 3 is 2.29 bits per heavy atom. The van der Waals surface area contributed by atoms with E-state index >= 15 is 0 Å². The molecule has 0 aliphatic carbocycles. The molecule has 0 aliphatic rings. The van der Waals surface area contributed by atoms with Gasteiger partial charge in [-0.25, -0.2) is 0 Å². The quantitative estimate of drug-likeness (QED) is 0.189. The monoisotopic (exact) mass is 647 g/mol. The number of furan rings is 1. The molecule has 0 atom stereocenters. The zero-order valence-electron chi connectivity index (χ0n) is 26.4. The summed E-state index contributed by atoms with van der Waals surface area (Å²) < 4.78 is 10.0. The van der Waals surface area contributed by atoms with E-state index in [2.05, 4.69) is 144 Å². The third-order valence-electron chi connectivity index (χ3n) is 9.69. The van der Waals surface area contributed by atoms with Gasteiger partial charge in [-0.05, 0) is 47.3 Å². The number of rotatable bonds is 5. The van der Waals surface area contributed by atoms with Crippen LogP contribution in [0.5, 0.6) is 0 Å². The fourth-order valence-corrected chi connectivity index (χ4v) is 8.61. The van der Waals surface area contributed by atoms with Crippen molar-refractivity contribution in [3.8, 4) is 5.69 Å². The molecule has 0 saturated carbocycles. The SMILES string of the molecule is Nc1c(C(=NCc2cccc3oc4ccc(-n5c6ccccc6c6ccc7ccccc7c65)cc4c23)c2ccccc2)sc2ccccc12. The molecule has 3 aromatic heterocycles. The van der Waals surface area contributed by atoms with Crippen LogP contribution < -0.4 is 5.73 Å². The van der Waals surface area contributed by atoms with E-state index in [1.54, 1.807) is 11.3 Å². The Hall–Kier alpha value is -6.17. The van der Waals surface area contributed by atoms with Gasteiger partial charge in [0, 0.05) is 48.3 Å². The predicted octanol–water partition coefficient (Wildman–Crippen LogP) is 11.7. The number of aliphatic imine (C=N–C) groups is 1. The minimum absolute atomic E-state index is 0.480. The van der Waals surface area contributed by atoms with Crippen LogP contribution in [0.3, 0.4) is 0 Å². The molecular formula is C44H29N3OS. The molecule has 0 amide bonds. The summed E-state index contributed by atoms with van der Waals surface area (Å²) in [4.78, 5) is 6.31. The molecule has 7 aromatic carbocycles. The van der Waals surface area contributed by atoms with E-state index in [0.29, 0.717) is 6.54 Å². The van der Waals surface area contributed by atoms with Crippen molar-refractivity contribution < 1.29 is 4.42 Å². The van der Waals surface area contributed by atoms with Crippen molar-refractivity contribution in [1.82, 2.24) is 4.57 Å². The minimum atomic E-state index is 0.480. The van der Waals surface area contributed by atoms with Gasteiger partial charge >= 0.3 is 0 Å². The summed E-state index contributed by atoms with van der Waals surface area (Å²) in [5, 5.41) is 8.18. The van der Waals surface area contributed by atoms with Gasteiger partial charge in [-0.15, -0.1) is 11.3 Å². The normalized spacial score (nSPS) is 12.4. The number of nitrogens with two attached hydrogens (primary N) is 1. The molecule has 49 heavy (non-hydrogen) atoms. The van der Waals surface area contributed by atoms with E-state index in [9.17, 15) is 0 Å². The first-order valence-corrected chi connectivity index (χ1v) is 17.3. The highest BCUT2D eigenvalue weighted by atomic mass is 32.1. The van der Waals surface area contributed by atoms with Gasteiger partial charge in [0.2, 0.25) is 0 Å². The molecule has 3 heterocycles. The topological polar surface area (TPSA) is 56.4 Å². The number of hydrogen-bond acceptors (Lipinski definition) is 4. The van der Waals surface area contributed by atoms with E-state index in [1.165, 1.54) is 32.6 Å². The highest BCUT2D eigenvalue weighted by Crippen LogP contribution is 2.40. The second-order valence-corrected chi connectivity index (χ2v) is 13.5. The summed E-state index contributed by atoms with van der Waals surface area (Å²) in [6.07, 6.45) is 0. The maximum atomic E-state index is 6.78. The maximum absolute atomic E-state index is 6.78. The van der Waals surface area contributed by atoms with Gasteiger partial charge in [0.1, 0.15) is 11.2 Å². The van der Waals surface area contributed by atoms with Crippen molar-refractivity contribution in [2.75, 3.05) is 5.73 Å². The zero-order chi connectivity index (χ0) is 32.5. The van der Waals surface area contributed by atoms with Crippen molar-refractivity contribution >= 4 is 87.3 Å². The first kappa shape index (κ1) is 27.9. The molecule has 10 rings (SSSR count). The smallest absolute Gasteiger partial charge is 0.135 e. The minimum Gasteiger partial charge on any atom is -0.456 e. The third-order valence-corrected chi connectivity index (χ3v) is 10.9. The molecule has 2 N–H and O–H groups in total. The molecule has 0 saturated heterocycles. The highest BCUT2D eigenvalue weighted by Gasteiger charge is 2.19. The standard InChI is InChI=1S/C44H29N3OS/c45-41-34-17-7-9-20-39(34)49-44(41)42(28-12-2-1-3-13-28)46-26-29-14-10-19-38-40(29)35-25-30(22-24-37(35)48-38)47-36-18-8-6-16-32(36)33-23-21-27-11-4-5-15-31(27)43(33)47/h1-25H,26,45H2. The molecule has 0 radical (unpaired) electrons. The number of aromatic nitrogens is 1. The van der Waals surface area contributed by atoms with Gasteiger partial charge in [0.15, 0.2) is 0 Å². The van der Waals surface area contributed by atoms with Crippen LogP contribution >= 0.6 is 11.3 Å². The Bertz CT molecular complexity index is 2930. The lowest BCUT2D eigenvalue weighted by Crippen LogP contribution is -2.05. The van der Waals surface area contributed by atoms with Crippen LogP contribution in [-0.4, -0.2) is 10.3 Å². The summed E-state index contributed by atoms with van der Waals surface area (Å²) in [7, 11) is 0. The summed E-state index contributed by atoms with van der Waals surface area (Å²) in [6.45, 7) is 0.480. The molecule has 0 bridgehead atoms. The summed E-state index contributed by atoms with van der Waals surface area (Å²) in [6, 6.07) is 53.3. The van der Waals surface area contributed by atoms with Crippen molar-refractivity contribution in [2.45, 2.75) is 6.54 Å². The van der Waals surface area contributed by atoms with Crippen LogP contribution in [0.1, 0.15) is 16.0 Å². The van der Waals surface area contributed by atoms with Crippen LogP contribution in [0.25, 0.3) is 70.3 Å². The summed E-state index contributed by atoms with van der Waals surface area (Å²) >= 11 is 1.70. The van der Waals surface area contributed by atoms with Crippen LogP contribution in [0, 0.1) is 0 Å². The molecule has 4 nitrogen and oxygen atoms in total. The van der Waals surface area contributed by atoms with Gasteiger partial charge in [-0.3, -0.25) is 4.99 Å². The van der Waals surface area contributed by atoms with E-state index < -0.39 is 0 Å². The van der Waals surface area contributed by atoms with Crippen LogP contribution in [0.2, 0.25) is 0 Å². The molecule has 0 spiro atoms. The Labute approximate surface area is 286 Å². The van der Waals surface area contributed by atoms with Crippen molar-refractivity contribution in [3.63, 3.8) is 0 Å². The largest absolute Gasteiger partial charge is 0.456 e. The zero-order valence-corrected chi connectivity index (χ0v) is 27.2. The van der Waals surface area contributed by atoms with Gasteiger partial charge in [-0.1, -0.05) is 115 Å². The molecule has 0 unspecified atom stereocenters. The van der Waals surface area contributed by atoms with Crippen LogP contribution in [-0.2, 0) is 6.54 Å². The average Bonchev–Trinajstić information content (AvgIpc) is 3.81. The summed E-state index contributed by atoms with van der Waals surface area (Å²) in [5.41, 5.74) is 15.8. The third kappa shape index (κ3) is 4.33. The summed E-state index contributed by atoms with van der Waals surface area (Å²) in [5.74, 6) is 0. The van der Waals surface area contributed by atoms with Gasteiger partial charge < -0.3 is 14.7 Å². The highest BCUT2D eigenvalue weighted by molar-refractivity contribution is 7.21. The Balaban J connectivity index is 1.18. The van der Waals surface area contributed by atoms with Gasteiger partial charge in [0.25, 0.3) is 0 Å². The number of thiophene rings is 1. The maximum Gasteiger partial charge on any atom is 0.135 e. The van der Waals surface area contributed by atoms with Crippen LogP contribution in [0.4, 0.5) is 5.69 Å². The first-order valence-electron chi connectivity index (χ1n) is 16.5. The number of benzene rings is 7. The second-order valence-electron chi connectivity index (χ2n) is 12.5. The fourth-order valence-electron chi connectivity index (χ4n) is 7.45. The van der Waals surface area contributed by atoms with Gasteiger partial charge in [-0.2, -0.15) is 0 Å². The van der Waals surface area contributed by atoms with E-state index in [0.717, 1.165) is 65.1 Å². The van der Waals surface area contributed by atoms with E-state index in [4.69, 9.17) is 15.1 Å². The van der Waals surface area contributed by atoms with Crippen molar-refractivity contribution in [1.29, 1.82) is 0 Å². The van der Waals surface area contributed by atoms with Gasteiger partial charge in [0.05, 0.1) is 33.9 Å². The second kappa shape index (κ2) is 10.9. The molecular weight excluding hydrogens is 619 g/mol. The number of para-hydroxylation sites is 1. The van der Waals surface area contributed by atoms with E-state index in [1.807, 2.05) is 12.1 Å². The van der Waals surface area contributed by atoms with Crippen molar-refractivity contribution in [3.05, 3.63) is 168 Å². The average molecular weight is 648 g/mol. The molecule has 0 aliphatic heterocycles. The Morgan fingerprint density at radius 1 is 0.633 bits per heavy atom. The lowest BCUT2D eigenvalue weighted by Gasteiger charge is -2.10. The predicted molar refractivity (Wildman–Crippen MR) is 208 cm³/mol. The van der Waals surface area contributed by atoms with E-state index in [-0.39, 0.29) is 0 Å². The lowest BCUT2D eigenvalue weighted by atomic mass is 10.0. The molecule has 232 valence electrons. The van der Waals surface area contributed by atoms with Crippen LogP contribution in [0.15, 0.2) is 161 Å².